The molecule has 0 bridgehead atoms. The summed E-state index contributed by atoms with van der Waals surface area (Å²) in [5.74, 6) is 0.230. The fourth-order valence-electron chi connectivity index (χ4n) is 3.85. The Bertz CT molecular complexity index is 1040. The van der Waals surface area contributed by atoms with E-state index in [9.17, 15) is 23.7 Å². The molecule has 0 N–H and O–H groups in total. The van der Waals surface area contributed by atoms with E-state index in [1.807, 2.05) is 12.1 Å². The summed E-state index contributed by atoms with van der Waals surface area (Å²) < 4.78 is 46.8. The second-order valence-electron chi connectivity index (χ2n) is 7.34. The molecule has 170 valence electrons. The van der Waals surface area contributed by atoms with E-state index in [0.29, 0.717) is 0 Å². The molecule has 0 amide bonds. The molecule has 0 radical (unpaired) electrons. The maximum Gasteiger partial charge on any atom is 0.416 e. The number of benzene rings is 1. The van der Waals surface area contributed by atoms with Gasteiger partial charge in [0.15, 0.2) is 11.5 Å². The Labute approximate surface area is 193 Å². The molecule has 1 aliphatic carbocycles. The largest absolute Gasteiger partial charge is 0.416 e. The molecule has 1 aromatic heterocycles. The number of ether oxygens (including phenoxy) is 1. The van der Waals surface area contributed by atoms with Gasteiger partial charge >= 0.3 is 6.18 Å². The highest BCUT2D eigenvalue weighted by molar-refractivity contribution is 6.39. The fraction of sp³-hybridized carbons (Fsp3) is 0.476. The Hall–Kier alpha value is -2.46. The second-order valence-corrected chi connectivity index (χ2v) is 8.16. The number of nitrogens with zero attached hydrogens (tertiary/aromatic N) is 5. The predicted octanol–water partition coefficient (Wildman–Crippen LogP) is 6.59. The van der Waals surface area contributed by atoms with Gasteiger partial charge in [0.2, 0.25) is 0 Å². The molecule has 2 aromatic rings. The maximum absolute atomic E-state index is 13.2. The summed E-state index contributed by atoms with van der Waals surface area (Å²) in [4.78, 5) is 1.43. The van der Waals surface area contributed by atoms with E-state index in [-0.39, 0.29) is 52.2 Å². The molecule has 1 saturated carbocycles. The van der Waals surface area contributed by atoms with Gasteiger partial charge in [-0.05, 0) is 31.9 Å². The van der Waals surface area contributed by atoms with E-state index in [4.69, 9.17) is 27.9 Å². The van der Waals surface area contributed by atoms with E-state index < -0.39 is 11.7 Å². The molecule has 1 aliphatic rings. The van der Waals surface area contributed by atoms with Crippen molar-refractivity contribution >= 4 is 34.7 Å². The lowest BCUT2D eigenvalue weighted by Gasteiger charge is -2.31. The molecule has 0 atom stereocenters. The van der Waals surface area contributed by atoms with Gasteiger partial charge in [0.1, 0.15) is 24.4 Å². The van der Waals surface area contributed by atoms with Crippen molar-refractivity contribution in [1.29, 1.82) is 10.5 Å². The standard InChI is InChI=1S/C21H20Cl2F3N5O/c1-2-32-12-30(19-16(22)8-13(9-17(19)23)21(24,25)26)20-15(10-27)18(11-28)29-31(20)14-6-4-3-5-7-14/h8-9,14H,2-7,12H2,1H3. The van der Waals surface area contributed by atoms with Gasteiger partial charge in [0, 0.05) is 6.61 Å². The molecular formula is C21H20Cl2F3N5O. The quantitative estimate of drug-likeness (QED) is 0.431. The summed E-state index contributed by atoms with van der Waals surface area (Å²) in [5, 5.41) is 23.2. The van der Waals surface area contributed by atoms with Crippen LogP contribution in [0.3, 0.4) is 0 Å². The molecule has 32 heavy (non-hydrogen) atoms. The third kappa shape index (κ3) is 4.80. The third-order valence-electron chi connectivity index (χ3n) is 5.32. The molecule has 0 saturated heterocycles. The summed E-state index contributed by atoms with van der Waals surface area (Å²) in [6, 6.07) is 5.41. The highest BCUT2D eigenvalue weighted by atomic mass is 35.5. The molecule has 3 rings (SSSR count). The zero-order chi connectivity index (χ0) is 23.5. The predicted molar refractivity (Wildman–Crippen MR) is 114 cm³/mol. The highest BCUT2D eigenvalue weighted by Gasteiger charge is 2.35. The number of nitriles is 2. The average molecular weight is 486 g/mol. The van der Waals surface area contributed by atoms with Gasteiger partial charge in [-0.25, -0.2) is 4.68 Å². The van der Waals surface area contributed by atoms with Gasteiger partial charge in [-0.3, -0.25) is 4.90 Å². The van der Waals surface area contributed by atoms with Crippen LogP contribution in [0.1, 0.15) is 61.9 Å². The van der Waals surface area contributed by atoms with E-state index in [2.05, 4.69) is 5.10 Å². The van der Waals surface area contributed by atoms with Crippen molar-refractivity contribution in [2.45, 2.75) is 51.2 Å². The number of halogens is 5. The number of hydrogen-bond acceptors (Lipinski definition) is 5. The number of rotatable bonds is 6. The second kappa shape index (κ2) is 9.99. The van der Waals surface area contributed by atoms with Crippen LogP contribution in [-0.2, 0) is 10.9 Å². The van der Waals surface area contributed by atoms with Crippen LogP contribution in [-0.4, -0.2) is 23.1 Å². The monoisotopic (exact) mass is 485 g/mol. The lowest BCUT2D eigenvalue weighted by molar-refractivity contribution is -0.137. The Morgan fingerprint density at radius 3 is 2.28 bits per heavy atom. The molecule has 1 aromatic carbocycles. The van der Waals surface area contributed by atoms with Crippen LogP contribution >= 0.6 is 23.2 Å². The van der Waals surface area contributed by atoms with Crippen LogP contribution < -0.4 is 4.90 Å². The minimum absolute atomic E-state index is 0.00944. The minimum atomic E-state index is -4.63. The minimum Gasteiger partial charge on any atom is -0.361 e. The van der Waals surface area contributed by atoms with E-state index in [1.54, 1.807) is 11.6 Å². The van der Waals surface area contributed by atoms with E-state index in [0.717, 1.165) is 44.2 Å². The summed E-state index contributed by atoms with van der Waals surface area (Å²) in [7, 11) is 0. The van der Waals surface area contributed by atoms with E-state index >= 15 is 0 Å². The normalized spacial score (nSPS) is 14.8. The van der Waals surface area contributed by atoms with Gasteiger partial charge in [-0.15, -0.1) is 0 Å². The number of alkyl halides is 3. The summed E-state index contributed by atoms with van der Waals surface area (Å²) in [5.41, 5.74) is -1.03. The molecular weight excluding hydrogens is 466 g/mol. The van der Waals surface area contributed by atoms with Crippen molar-refractivity contribution in [1.82, 2.24) is 9.78 Å². The first kappa shape index (κ1) is 24.2. The van der Waals surface area contributed by atoms with Crippen LogP contribution in [0.4, 0.5) is 24.7 Å². The lowest BCUT2D eigenvalue weighted by atomic mass is 9.95. The summed E-state index contributed by atoms with van der Waals surface area (Å²) in [6.07, 6.45) is -0.0561. The number of hydrogen-bond donors (Lipinski definition) is 0. The zero-order valence-corrected chi connectivity index (χ0v) is 18.7. The Morgan fingerprint density at radius 2 is 1.78 bits per heavy atom. The van der Waals surface area contributed by atoms with Gasteiger partial charge < -0.3 is 4.74 Å². The van der Waals surface area contributed by atoms with Crippen LogP contribution in [0.2, 0.25) is 10.0 Å². The Kier molecular flexibility index (Phi) is 7.55. The van der Waals surface area contributed by atoms with Crippen molar-refractivity contribution < 1.29 is 17.9 Å². The van der Waals surface area contributed by atoms with Gasteiger partial charge in [0.05, 0.1) is 27.3 Å². The Balaban J connectivity index is 2.24. The Morgan fingerprint density at radius 1 is 1.16 bits per heavy atom. The van der Waals surface area contributed by atoms with Gasteiger partial charge in [0.25, 0.3) is 0 Å². The third-order valence-corrected chi connectivity index (χ3v) is 5.89. The van der Waals surface area contributed by atoms with Crippen molar-refractivity contribution in [3.8, 4) is 12.1 Å². The van der Waals surface area contributed by atoms with Crippen molar-refractivity contribution in [3.05, 3.63) is 39.0 Å². The number of aromatic nitrogens is 2. The van der Waals surface area contributed by atoms with Crippen LogP contribution in [0.5, 0.6) is 0 Å². The van der Waals surface area contributed by atoms with Crippen LogP contribution in [0.25, 0.3) is 0 Å². The van der Waals surface area contributed by atoms with Crippen LogP contribution in [0, 0.1) is 22.7 Å². The van der Waals surface area contributed by atoms with Gasteiger partial charge in [-0.1, -0.05) is 42.5 Å². The summed E-state index contributed by atoms with van der Waals surface area (Å²) >= 11 is 12.6. The van der Waals surface area contributed by atoms with Crippen LogP contribution in [0.15, 0.2) is 12.1 Å². The van der Waals surface area contributed by atoms with Crippen molar-refractivity contribution in [2.75, 3.05) is 18.2 Å². The molecule has 11 heteroatoms. The highest BCUT2D eigenvalue weighted by Crippen LogP contribution is 2.45. The molecule has 6 nitrogen and oxygen atoms in total. The SMILES string of the molecule is CCOCN(c1c(Cl)cc(C(F)(F)F)cc1Cl)c1c(C#N)c(C#N)nn1C1CCCCC1. The van der Waals surface area contributed by atoms with Gasteiger partial charge in [-0.2, -0.15) is 28.8 Å². The van der Waals surface area contributed by atoms with E-state index in [1.165, 1.54) is 4.90 Å². The maximum atomic E-state index is 13.2. The topological polar surface area (TPSA) is 77.9 Å². The first-order valence-corrected chi connectivity index (χ1v) is 10.8. The molecule has 0 unspecified atom stereocenters. The smallest absolute Gasteiger partial charge is 0.361 e. The molecule has 0 spiro atoms. The van der Waals surface area contributed by atoms with Crippen molar-refractivity contribution in [3.63, 3.8) is 0 Å². The number of anilines is 2. The molecule has 1 heterocycles. The summed E-state index contributed by atoms with van der Waals surface area (Å²) in [6.45, 7) is 1.88. The molecule has 0 aliphatic heterocycles. The van der Waals surface area contributed by atoms with Crippen molar-refractivity contribution in [2.24, 2.45) is 0 Å². The zero-order valence-electron chi connectivity index (χ0n) is 17.2. The molecule has 1 fully saturated rings. The fourth-order valence-corrected chi connectivity index (χ4v) is 4.54. The first-order valence-electron chi connectivity index (χ1n) is 10.1. The average Bonchev–Trinajstić information content (AvgIpc) is 3.13. The lowest BCUT2D eigenvalue weighted by Crippen LogP contribution is -2.27. The first-order chi connectivity index (χ1) is 15.2.